The van der Waals surface area contributed by atoms with Gasteiger partial charge in [0.15, 0.2) is 0 Å². The highest BCUT2D eigenvalue weighted by atomic mass is 16.6. The summed E-state index contributed by atoms with van der Waals surface area (Å²) in [5.41, 5.74) is 1.26. The van der Waals surface area contributed by atoms with Crippen LogP contribution >= 0.6 is 0 Å². The second-order valence-corrected chi connectivity index (χ2v) is 5.02. The minimum atomic E-state index is -0.170. The van der Waals surface area contributed by atoms with Crippen LogP contribution in [0.4, 0.5) is 4.79 Å². The molecule has 0 bridgehead atoms. The fourth-order valence-electron chi connectivity index (χ4n) is 2.33. The summed E-state index contributed by atoms with van der Waals surface area (Å²) >= 11 is 0. The largest absolute Gasteiger partial charge is 0.449 e. The predicted octanol–water partition coefficient (Wildman–Crippen LogP) is 1.91. The molecule has 1 atom stereocenters. The number of benzene rings is 1. The molecule has 0 radical (unpaired) electrons. The zero-order chi connectivity index (χ0) is 13.5. The minimum Gasteiger partial charge on any atom is -0.449 e. The van der Waals surface area contributed by atoms with Gasteiger partial charge >= 0.3 is 6.09 Å². The number of nitrogens with one attached hydrogen (secondary N) is 1. The average Bonchev–Trinajstić information content (AvgIpc) is 2.46. The molecule has 104 valence electrons. The van der Waals surface area contributed by atoms with Gasteiger partial charge in [0, 0.05) is 19.0 Å². The van der Waals surface area contributed by atoms with Gasteiger partial charge < -0.3 is 15.0 Å². The van der Waals surface area contributed by atoms with Crippen molar-refractivity contribution >= 4 is 6.09 Å². The summed E-state index contributed by atoms with van der Waals surface area (Å²) in [5.74, 6) is 0.445. The van der Waals surface area contributed by atoms with Crippen molar-refractivity contribution in [3.05, 3.63) is 35.9 Å². The van der Waals surface area contributed by atoms with Gasteiger partial charge in [-0.15, -0.1) is 0 Å². The van der Waals surface area contributed by atoms with Crippen molar-refractivity contribution in [1.29, 1.82) is 0 Å². The Morgan fingerprint density at radius 1 is 1.37 bits per heavy atom. The Hall–Kier alpha value is -1.55. The summed E-state index contributed by atoms with van der Waals surface area (Å²) in [6.45, 7) is 3.07. The maximum atomic E-state index is 11.7. The molecule has 0 spiro atoms. The third-order valence-corrected chi connectivity index (χ3v) is 3.50. The van der Waals surface area contributed by atoms with Crippen LogP contribution in [0.2, 0.25) is 0 Å². The monoisotopic (exact) mass is 262 g/mol. The van der Waals surface area contributed by atoms with E-state index in [2.05, 4.69) is 17.4 Å². The normalized spacial score (nSPS) is 19.3. The molecular formula is C15H22N2O2. The fraction of sp³-hybridized carbons (Fsp3) is 0.533. The maximum Gasteiger partial charge on any atom is 0.409 e. The Balaban J connectivity index is 1.82. The number of nitrogens with zero attached hydrogens (tertiary/aromatic N) is 1. The molecule has 1 unspecified atom stereocenters. The van der Waals surface area contributed by atoms with Crippen LogP contribution < -0.4 is 5.32 Å². The van der Waals surface area contributed by atoms with Crippen molar-refractivity contribution < 1.29 is 9.53 Å². The highest BCUT2D eigenvalue weighted by Crippen LogP contribution is 2.15. The molecule has 1 amide bonds. The second kappa shape index (κ2) is 7.14. The molecule has 0 aromatic heterocycles. The van der Waals surface area contributed by atoms with Crippen LogP contribution in [0.3, 0.4) is 0 Å². The molecule has 2 rings (SSSR count). The third kappa shape index (κ3) is 4.24. The van der Waals surface area contributed by atoms with Crippen molar-refractivity contribution in [3.63, 3.8) is 0 Å². The van der Waals surface area contributed by atoms with Crippen LogP contribution in [-0.2, 0) is 11.2 Å². The number of rotatable bonds is 6. The Morgan fingerprint density at radius 3 is 2.89 bits per heavy atom. The molecule has 1 aromatic rings. The van der Waals surface area contributed by atoms with Crippen molar-refractivity contribution in [2.24, 2.45) is 5.92 Å². The van der Waals surface area contributed by atoms with Crippen LogP contribution in [0.15, 0.2) is 30.3 Å². The maximum absolute atomic E-state index is 11.7. The van der Waals surface area contributed by atoms with Crippen molar-refractivity contribution in [3.8, 4) is 0 Å². The van der Waals surface area contributed by atoms with Crippen LogP contribution in [0.1, 0.15) is 12.0 Å². The summed E-state index contributed by atoms with van der Waals surface area (Å²) < 4.78 is 5.25. The van der Waals surface area contributed by atoms with Crippen molar-refractivity contribution in [2.45, 2.75) is 12.8 Å². The first-order valence-corrected chi connectivity index (χ1v) is 6.90. The van der Waals surface area contributed by atoms with Gasteiger partial charge in [-0.05, 0) is 32.0 Å². The van der Waals surface area contributed by atoms with Gasteiger partial charge in [0.25, 0.3) is 0 Å². The van der Waals surface area contributed by atoms with Gasteiger partial charge in [0.2, 0.25) is 0 Å². The lowest BCUT2D eigenvalue weighted by Crippen LogP contribution is -2.44. The number of hydrogen-bond donors (Lipinski definition) is 1. The topological polar surface area (TPSA) is 41.6 Å². The standard InChI is InChI=1S/C15H22N2O2/c1-16-9-7-14-11-17(15(18)19-12-14)10-8-13-5-3-2-4-6-13/h2-6,14,16H,7-12H2,1H3. The molecule has 1 heterocycles. The van der Waals surface area contributed by atoms with Gasteiger partial charge in [0.1, 0.15) is 0 Å². The smallest absolute Gasteiger partial charge is 0.409 e. The lowest BCUT2D eigenvalue weighted by molar-refractivity contribution is 0.0414. The highest BCUT2D eigenvalue weighted by molar-refractivity contribution is 5.68. The number of carbonyl (C=O) groups is 1. The molecule has 4 nitrogen and oxygen atoms in total. The molecule has 1 N–H and O–H groups in total. The van der Waals surface area contributed by atoms with Gasteiger partial charge in [-0.25, -0.2) is 4.79 Å². The third-order valence-electron chi connectivity index (χ3n) is 3.50. The van der Waals surface area contributed by atoms with E-state index >= 15 is 0 Å². The molecule has 1 saturated heterocycles. The molecule has 0 saturated carbocycles. The summed E-state index contributed by atoms with van der Waals surface area (Å²) in [4.78, 5) is 13.6. The Morgan fingerprint density at radius 2 is 2.16 bits per heavy atom. The Bertz CT molecular complexity index is 394. The molecule has 19 heavy (non-hydrogen) atoms. The molecule has 1 aliphatic rings. The first-order valence-electron chi connectivity index (χ1n) is 6.90. The quantitative estimate of drug-likeness (QED) is 0.851. The van der Waals surface area contributed by atoms with Gasteiger partial charge in [-0.2, -0.15) is 0 Å². The van der Waals surface area contributed by atoms with E-state index in [4.69, 9.17) is 4.74 Å². The van der Waals surface area contributed by atoms with Crippen LogP contribution in [0, 0.1) is 5.92 Å². The summed E-state index contributed by atoms with van der Waals surface area (Å²) in [5, 5.41) is 3.14. The van der Waals surface area contributed by atoms with E-state index in [-0.39, 0.29) is 6.09 Å². The molecule has 4 heteroatoms. The average molecular weight is 262 g/mol. The predicted molar refractivity (Wildman–Crippen MR) is 75.1 cm³/mol. The van der Waals surface area contributed by atoms with E-state index in [9.17, 15) is 4.79 Å². The summed E-state index contributed by atoms with van der Waals surface area (Å²) in [7, 11) is 1.95. The van der Waals surface area contributed by atoms with E-state index in [0.29, 0.717) is 12.5 Å². The van der Waals surface area contributed by atoms with Crippen LogP contribution in [-0.4, -0.2) is 44.3 Å². The van der Waals surface area contributed by atoms with E-state index in [1.807, 2.05) is 30.1 Å². The number of cyclic esters (lactones) is 1. The van der Waals surface area contributed by atoms with Crippen LogP contribution in [0.25, 0.3) is 0 Å². The highest BCUT2D eigenvalue weighted by Gasteiger charge is 2.26. The first kappa shape index (κ1) is 13.9. The molecule has 0 aliphatic carbocycles. The molecular weight excluding hydrogens is 240 g/mol. The summed E-state index contributed by atoms with van der Waals surface area (Å²) in [6, 6.07) is 10.2. The Kier molecular flexibility index (Phi) is 5.21. The number of hydrogen-bond acceptors (Lipinski definition) is 3. The second-order valence-electron chi connectivity index (χ2n) is 5.02. The Labute approximate surface area is 114 Å². The van der Waals surface area contributed by atoms with Crippen molar-refractivity contribution in [1.82, 2.24) is 10.2 Å². The SMILES string of the molecule is CNCCC1COC(=O)N(CCc2ccccc2)C1. The van der Waals surface area contributed by atoms with E-state index in [0.717, 1.165) is 32.5 Å². The lowest BCUT2D eigenvalue weighted by atomic mass is 10.0. The first-order chi connectivity index (χ1) is 9.29. The lowest BCUT2D eigenvalue weighted by Gasteiger charge is -2.32. The zero-order valence-corrected chi connectivity index (χ0v) is 11.5. The van der Waals surface area contributed by atoms with Gasteiger partial charge in [-0.1, -0.05) is 30.3 Å². The van der Waals surface area contributed by atoms with E-state index in [1.165, 1.54) is 5.56 Å². The van der Waals surface area contributed by atoms with Gasteiger partial charge in [-0.3, -0.25) is 0 Å². The minimum absolute atomic E-state index is 0.170. The van der Waals surface area contributed by atoms with Crippen LogP contribution in [0.5, 0.6) is 0 Å². The zero-order valence-electron chi connectivity index (χ0n) is 11.5. The van der Waals surface area contributed by atoms with Gasteiger partial charge in [0.05, 0.1) is 6.61 Å². The van der Waals surface area contributed by atoms with Crippen molar-refractivity contribution in [2.75, 3.05) is 33.3 Å². The molecule has 1 aromatic carbocycles. The molecule has 1 fully saturated rings. The molecule has 1 aliphatic heterocycles. The number of amides is 1. The number of ether oxygens (including phenoxy) is 1. The number of carbonyl (C=O) groups excluding carboxylic acids is 1. The van der Waals surface area contributed by atoms with E-state index < -0.39 is 0 Å². The fourth-order valence-corrected chi connectivity index (χ4v) is 2.33. The summed E-state index contributed by atoms with van der Waals surface area (Å²) in [6.07, 6.45) is 1.76. The van der Waals surface area contributed by atoms with E-state index in [1.54, 1.807) is 0 Å².